The molecule has 0 aliphatic heterocycles. The van der Waals surface area contributed by atoms with Crippen LogP contribution in [0.1, 0.15) is 13.8 Å². The third kappa shape index (κ3) is 3.88. The zero-order valence-corrected chi connectivity index (χ0v) is 15.6. The SMILES string of the molecule is CC1(C)C(C=C(Cl)C(F)(F)F)C1C(=O)N(c1ccccc1)c1ccccc1. The van der Waals surface area contributed by atoms with E-state index < -0.39 is 28.5 Å². The van der Waals surface area contributed by atoms with Crippen LogP contribution in [-0.4, -0.2) is 12.1 Å². The first-order valence-electron chi connectivity index (χ1n) is 8.52. The predicted octanol–water partition coefficient (Wildman–Crippen LogP) is 6.31. The van der Waals surface area contributed by atoms with Gasteiger partial charge in [0.05, 0.1) is 5.92 Å². The van der Waals surface area contributed by atoms with Crippen molar-refractivity contribution in [1.29, 1.82) is 0 Å². The number of hydrogen-bond acceptors (Lipinski definition) is 1. The lowest BCUT2D eigenvalue weighted by Crippen LogP contribution is -2.29. The molecule has 1 aliphatic carbocycles. The molecule has 0 saturated heterocycles. The molecule has 1 amide bonds. The van der Waals surface area contributed by atoms with E-state index in [0.717, 1.165) is 6.08 Å². The van der Waals surface area contributed by atoms with Crippen molar-refractivity contribution in [2.24, 2.45) is 17.3 Å². The van der Waals surface area contributed by atoms with Gasteiger partial charge >= 0.3 is 6.18 Å². The zero-order valence-electron chi connectivity index (χ0n) is 14.9. The number of carbonyl (C=O) groups excluding carboxylic acids is 1. The van der Waals surface area contributed by atoms with Gasteiger partial charge in [-0.25, -0.2) is 0 Å². The van der Waals surface area contributed by atoms with Gasteiger partial charge in [-0.1, -0.05) is 67.9 Å². The van der Waals surface area contributed by atoms with Crippen LogP contribution in [0, 0.1) is 17.3 Å². The molecule has 0 spiro atoms. The highest BCUT2D eigenvalue weighted by Gasteiger charge is 2.62. The Kier molecular flexibility index (Phi) is 5.08. The molecule has 1 saturated carbocycles. The summed E-state index contributed by atoms with van der Waals surface area (Å²) in [5.74, 6) is -1.41. The van der Waals surface area contributed by atoms with Crippen molar-refractivity contribution in [2.75, 3.05) is 4.90 Å². The van der Waals surface area contributed by atoms with Crippen molar-refractivity contribution in [1.82, 2.24) is 0 Å². The summed E-state index contributed by atoms with van der Waals surface area (Å²) >= 11 is 5.41. The van der Waals surface area contributed by atoms with Gasteiger partial charge in [0, 0.05) is 11.4 Å². The van der Waals surface area contributed by atoms with E-state index in [0.29, 0.717) is 11.4 Å². The number of halogens is 4. The molecule has 2 aromatic carbocycles. The molecule has 0 N–H and O–H groups in total. The summed E-state index contributed by atoms with van der Waals surface area (Å²) in [5.41, 5.74) is 0.728. The van der Waals surface area contributed by atoms with E-state index in [1.165, 1.54) is 0 Å². The number of allylic oxidation sites excluding steroid dienone is 2. The maximum atomic E-state index is 13.3. The summed E-state index contributed by atoms with van der Waals surface area (Å²) in [4.78, 5) is 14.9. The lowest BCUT2D eigenvalue weighted by atomic mass is 10.1. The van der Waals surface area contributed by atoms with Gasteiger partial charge in [-0.3, -0.25) is 9.69 Å². The van der Waals surface area contributed by atoms with Crippen LogP contribution < -0.4 is 4.90 Å². The number of benzene rings is 2. The summed E-state index contributed by atoms with van der Waals surface area (Å²) < 4.78 is 38.4. The minimum Gasteiger partial charge on any atom is -0.281 e. The number of nitrogens with zero attached hydrogens (tertiary/aromatic N) is 1. The van der Waals surface area contributed by atoms with Crippen molar-refractivity contribution in [3.05, 3.63) is 71.8 Å². The number of para-hydroxylation sites is 2. The first-order valence-corrected chi connectivity index (χ1v) is 8.90. The Labute approximate surface area is 161 Å². The normalized spacial score (nSPS) is 21.6. The smallest absolute Gasteiger partial charge is 0.281 e. The Bertz CT molecular complexity index is 807. The molecule has 27 heavy (non-hydrogen) atoms. The van der Waals surface area contributed by atoms with Crippen LogP contribution in [-0.2, 0) is 4.79 Å². The Morgan fingerprint density at radius 1 is 1.00 bits per heavy atom. The first-order chi connectivity index (χ1) is 12.6. The number of anilines is 2. The van der Waals surface area contributed by atoms with Gasteiger partial charge in [0.15, 0.2) is 0 Å². The predicted molar refractivity (Wildman–Crippen MR) is 101 cm³/mol. The largest absolute Gasteiger partial charge is 0.426 e. The third-order valence-electron chi connectivity index (χ3n) is 5.02. The highest BCUT2D eigenvalue weighted by atomic mass is 35.5. The molecule has 1 fully saturated rings. The van der Waals surface area contributed by atoms with Crippen LogP contribution in [0.2, 0.25) is 0 Å². The van der Waals surface area contributed by atoms with E-state index in [1.807, 2.05) is 36.4 Å². The maximum absolute atomic E-state index is 13.3. The van der Waals surface area contributed by atoms with Gasteiger partial charge in [0.25, 0.3) is 0 Å². The van der Waals surface area contributed by atoms with Gasteiger partial charge < -0.3 is 0 Å². The van der Waals surface area contributed by atoms with Gasteiger partial charge in [0.2, 0.25) is 5.91 Å². The minimum atomic E-state index is -4.60. The summed E-state index contributed by atoms with van der Waals surface area (Å²) in [6.45, 7) is 3.57. The van der Waals surface area contributed by atoms with Gasteiger partial charge in [-0.2, -0.15) is 13.2 Å². The average molecular weight is 394 g/mol. The van der Waals surface area contributed by atoms with E-state index in [2.05, 4.69) is 0 Å². The van der Waals surface area contributed by atoms with Gasteiger partial charge in [0.1, 0.15) is 5.03 Å². The highest BCUT2D eigenvalue weighted by molar-refractivity contribution is 6.30. The molecular formula is C21H19ClF3NO. The van der Waals surface area contributed by atoms with Crippen LogP contribution in [0.15, 0.2) is 71.8 Å². The molecule has 2 atom stereocenters. The first kappa shape index (κ1) is 19.5. The molecule has 6 heteroatoms. The summed E-state index contributed by atoms with van der Waals surface area (Å²) in [6, 6.07) is 18.1. The molecule has 0 aromatic heterocycles. The monoisotopic (exact) mass is 393 g/mol. The summed E-state index contributed by atoms with van der Waals surface area (Å²) in [7, 11) is 0. The number of amides is 1. The molecule has 0 bridgehead atoms. The minimum absolute atomic E-state index is 0.245. The quantitative estimate of drug-likeness (QED) is 0.596. The Morgan fingerprint density at radius 3 is 1.85 bits per heavy atom. The molecule has 0 radical (unpaired) electrons. The van der Waals surface area contributed by atoms with Crippen molar-refractivity contribution in [3.8, 4) is 0 Å². The molecule has 2 nitrogen and oxygen atoms in total. The lowest BCUT2D eigenvalue weighted by molar-refractivity contribution is -0.119. The molecule has 0 heterocycles. The fourth-order valence-corrected chi connectivity index (χ4v) is 3.55. The van der Waals surface area contributed by atoms with Crippen molar-refractivity contribution < 1.29 is 18.0 Å². The molecule has 3 rings (SSSR count). The Balaban J connectivity index is 1.96. The van der Waals surface area contributed by atoms with Crippen molar-refractivity contribution in [3.63, 3.8) is 0 Å². The highest BCUT2D eigenvalue weighted by Crippen LogP contribution is 2.61. The fourth-order valence-electron chi connectivity index (χ4n) is 3.41. The third-order valence-corrected chi connectivity index (χ3v) is 5.36. The van der Waals surface area contributed by atoms with E-state index in [1.54, 1.807) is 43.0 Å². The van der Waals surface area contributed by atoms with E-state index in [-0.39, 0.29) is 5.91 Å². The topological polar surface area (TPSA) is 20.3 Å². The Hall–Kier alpha value is -2.27. The molecular weight excluding hydrogens is 375 g/mol. The average Bonchev–Trinajstić information content (AvgIpc) is 3.16. The fraction of sp³-hybridized carbons (Fsp3) is 0.286. The van der Waals surface area contributed by atoms with Crippen LogP contribution in [0.4, 0.5) is 24.5 Å². The molecule has 1 aliphatic rings. The maximum Gasteiger partial charge on any atom is 0.426 e. The second-order valence-corrected chi connectivity index (χ2v) is 7.59. The van der Waals surface area contributed by atoms with Crippen LogP contribution >= 0.6 is 11.6 Å². The number of carbonyl (C=O) groups is 1. The van der Waals surface area contributed by atoms with Gasteiger partial charge in [-0.05, 0) is 35.6 Å². The number of rotatable bonds is 4. The molecule has 142 valence electrons. The van der Waals surface area contributed by atoms with E-state index in [9.17, 15) is 18.0 Å². The van der Waals surface area contributed by atoms with E-state index >= 15 is 0 Å². The number of alkyl halides is 3. The molecule has 2 unspecified atom stereocenters. The second kappa shape index (κ2) is 7.04. The standard InChI is InChI=1S/C21H19ClF3NO/c1-20(2)16(13-17(22)21(23,24)25)18(20)19(27)26(14-9-5-3-6-10-14)15-11-7-4-8-12-15/h3-13,16,18H,1-2H3. The zero-order chi connectivity index (χ0) is 19.8. The second-order valence-electron chi connectivity index (χ2n) is 7.18. The van der Waals surface area contributed by atoms with E-state index in [4.69, 9.17) is 11.6 Å². The molecule has 2 aromatic rings. The van der Waals surface area contributed by atoms with Crippen LogP contribution in [0.5, 0.6) is 0 Å². The van der Waals surface area contributed by atoms with Crippen LogP contribution in [0.25, 0.3) is 0 Å². The Morgan fingerprint density at radius 2 is 1.44 bits per heavy atom. The number of hydrogen-bond donors (Lipinski definition) is 0. The lowest BCUT2D eigenvalue weighted by Gasteiger charge is -2.24. The van der Waals surface area contributed by atoms with Crippen LogP contribution in [0.3, 0.4) is 0 Å². The summed E-state index contributed by atoms with van der Waals surface area (Å²) in [5, 5.41) is -1.18. The van der Waals surface area contributed by atoms with Crippen molar-refractivity contribution in [2.45, 2.75) is 20.0 Å². The van der Waals surface area contributed by atoms with Gasteiger partial charge in [-0.15, -0.1) is 0 Å². The summed E-state index contributed by atoms with van der Waals surface area (Å²) in [6.07, 6.45) is -3.63. The van der Waals surface area contributed by atoms with Crippen molar-refractivity contribution >= 4 is 28.9 Å².